The van der Waals surface area contributed by atoms with Gasteiger partial charge >= 0.3 is 0 Å². The lowest BCUT2D eigenvalue weighted by atomic mass is 9.90. The Morgan fingerprint density at radius 3 is 2.39 bits per heavy atom. The Hall–Kier alpha value is -3.44. The highest BCUT2D eigenvalue weighted by Gasteiger charge is 2.19. The number of likely N-dealkylation sites (tertiary alicyclic amines) is 1. The zero-order valence-electron chi connectivity index (χ0n) is 19.1. The molecule has 1 fully saturated rings. The van der Waals surface area contributed by atoms with Crippen molar-refractivity contribution in [3.63, 3.8) is 0 Å². The van der Waals surface area contributed by atoms with Crippen molar-refractivity contribution in [2.24, 2.45) is 11.0 Å². The monoisotopic (exact) mass is 441 g/mol. The summed E-state index contributed by atoms with van der Waals surface area (Å²) in [7, 11) is 1.61. The lowest BCUT2D eigenvalue weighted by Crippen LogP contribution is -2.33. The van der Waals surface area contributed by atoms with Crippen molar-refractivity contribution < 1.29 is 9.53 Å². The highest BCUT2D eigenvalue weighted by Crippen LogP contribution is 2.23. The third-order valence-corrected chi connectivity index (χ3v) is 6.21. The Balaban J connectivity index is 1.24. The van der Waals surface area contributed by atoms with E-state index < -0.39 is 0 Å². The average Bonchev–Trinajstić information content (AvgIpc) is 2.86. The Labute approximate surface area is 196 Å². The van der Waals surface area contributed by atoms with Crippen LogP contribution < -0.4 is 10.2 Å². The van der Waals surface area contributed by atoms with Gasteiger partial charge in [-0.05, 0) is 73.7 Å². The van der Waals surface area contributed by atoms with Gasteiger partial charge in [0.05, 0.1) is 13.3 Å². The molecule has 1 amide bonds. The molecule has 3 aromatic carbocycles. The lowest BCUT2D eigenvalue weighted by molar-refractivity contribution is 0.0955. The standard InChI is InChI=1S/C28H31N3O2/c1-33-27-10-6-5-9-26(27)20-29-30-28(32)25-13-11-24(12-14-25)21-31-17-15-23(16-18-31)19-22-7-3-2-4-8-22/h2-14,20,23H,15-19,21H2,1H3,(H,30,32)/b29-20-. The molecule has 1 saturated heterocycles. The van der Waals surface area contributed by atoms with Crippen molar-refractivity contribution in [1.29, 1.82) is 0 Å². The Morgan fingerprint density at radius 1 is 0.970 bits per heavy atom. The number of carbonyl (C=O) groups excluding carboxylic acids is 1. The second kappa shape index (κ2) is 11.4. The molecule has 3 aromatic rings. The number of rotatable bonds is 8. The number of ether oxygens (including phenoxy) is 1. The van der Waals surface area contributed by atoms with Crippen LogP contribution in [0.3, 0.4) is 0 Å². The van der Waals surface area contributed by atoms with Crippen LogP contribution in [0.25, 0.3) is 0 Å². The van der Waals surface area contributed by atoms with Crippen LogP contribution in [-0.4, -0.2) is 37.2 Å². The van der Waals surface area contributed by atoms with Gasteiger partial charge in [0.25, 0.3) is 5.91 Å². The summed E-state index contributed by atoms with van der Waals surface area (Å²) in [6, 6.07) is 26.1. The topological polar surface area (TPSA) is 53.9 Å². The van der Waals surface area contributed by atoms with E-state index in [1.54, 1.807) is 13.3 Å². The molecule has 0 bridgehead atoms. The van der Waals surface area contributed by atoms with Crippen LogP contribution in [-0.2, 0) is 13.0 Å². The molecule has 1 aliphatic rings. The van der Waals surface area contributed by atoms with Crippen molar-refractivity contribution in [1.82, 2.24) is 10.3 Å². The average molecular weight is 442 g/mol. The van der Waals surface area contributed by atoms with Crippen molar-refractivity contribution in [2.75, 3.05) is 20.2 Å². The molecule has 0 spiro atoms. The number of hydrogen-bond acceptors (Lipinski definition) is 4. The number of para-hydroxylation sites is 1. The van der Waals surface area contributed by atoms with Crippen molar-refractivity contribution in [2.45, 2.75) is 25.8 Å². The molecule has 4 rings (SSSR count). The molecule has 0 radical (unpaired) electrons. The number of hydrogen-bond donors (Lipinski definition) is 1. The first-order valence-corrected chi connectivity index (χ1v) is 11.5. The summed E-state index contributed by atoms with van der Waals surface area (Å²) in [5, 5.41) is 4.07. The van der Waals surface area contributed by atoms with Gasteiger partial charge in [0.1, 0.15) is 5.75 Å². The van der Waals surface area contributed by atoms with Gasteiger partial charge in [0, 0.05) is 17.7 Å². The minimum Gasteiger partial charge on any atom is -0.496 e. The molecule has 33 heavy (non-hydrogen) atoms. The van der Waals surface area contributed by atoms with Crippen LogP contribution >= 0.6 is 0 Å². The normalized spacial score (nSPS) is 14.9. The maximum absolute atomic E-state index is 12.4. The lowest BCUT2D eigenvalue weighted by Gasteiger charge is -2.32. The number of hydrazone groups is 1. The molecule has 0 unspecified atom stereocenters. The second-order valence-electron chi connectivity index (χ2n) is 8.55. The third-order valence-electron chi connectivity index (χ3n) is 6.21. The first kappa shape index (κ1) is 22.7. The molecule has 170 valence electrons. The zero-order chi connectivity index (χ0) is 22.9. The summed E-state index contributed by atoms with van der Waals surface area (Å²) in [5.74, 6) is 1.25. The number of nitrogens with one attached hydrogen (secondary N) is 1. The van der Waals surface area contributed by atoms with E-state index in [-0.39, 0.29) is 5.91 Å². The van der Waals surface area contributed by atoms with Crippen LogP contribution in [0, 0.1) is 5.92 Å². The summed E-state index contributed by atoms with van der Waals surface area (Å²) < 4.78 is 5.29. The van der Waals surface area contributed by atoms with Crippen LogP contribution in [0.5, 0.6) is 5.75 Å². The molecule has 5 heteroatoms. The largest absolute Gasteiger partial charge is 0.496 e. The van der Waals surface area contributed by atoms with E-state index in [1.165, 1.54) is 30.4 Å². The number of methoxy groups -OCH3 is 1. The fraction of sp³-hybridized carbons (Fsp3) is 0.286. The zero-order valence-corrected chi connectivity index (χ0v) is 19.1. The van der Waals surface area contributed by atoms with Crippen LogP contribution in [0.1, 0.15) is 39.9 Å². The van der Waals surface area contributed by atoms with E-state index >= 15 is 0 Å². The van der Waals surface area contributed by atoms with E-state index in [4.69, 9.17) is 4.74 Å². The Morgan fingerprint density at radius 2 is 1.67 bits per heavy atom. The Kier molecular flexibility index (Phi) is 7.88. The van der Waals surface area contributed by atoms with Crippen molar-refractivity contribution >= 4 is 12.1 Å². The molecule has 0 aromatic heterocycles. The minimum absolute atomic E-state index is 0.227. The van der Waals surface area contributed by atoms with Crippen LogP contribution in [0.2, 0.25) is 0 Å². The highest BCUT2D eigenvalue weighted by molar-refractivity contribution is 5.95. The smallest absolute Gasteiger partial charge is 0.271 e. The number of carbonyl (C=O) groups is 1. The number of benzene rings is 3. The summed E-state index contributed by atoms with van der Waals surface area (Å²) in [4.78, 5) is 14.9. The van der Waals surface area contributed by atoms with E-state index in [0.717, 1.165) is 31.1 Å². The van der Waals surface area contributed by atoms with Gasteiger partial charge in [-0.3, -0.25) is 9.69 Å². The first-order valence-electron chi connectivity index (χ1n) is 11.5. The van der Waals surface area contributed by atoms with E-state index in [9.17, 15) is 4.79 Å². The van der Waals surface area contributed by atoms with Crippen molar-refractivity contribution in [3.8, 4) is 5.75 Å². The summed E-state index contributed by atoms with van der Waals surface area (Å²) in [6.45, 7) is 3.17. The van der Waals surface area contributed by atoms with Gasteiger partial charge in [-0.1, -0.05) is 54.6 Å². The molecule has 5 nitrogen and oxygen atoms in total. The minimum atomic E-state index is -0.227. The predicted octanol–water partition coefficient (Wildman–Crippen LogP) is 4.91. The third kappa shape index (κ3) is 6.53. The molecular formula is C28H31N3O2. The molecule has 0 saturated carbocycles. The molecule has 1 heterocycles. The number of piperidine rings is 1. The second-order valence-corrected chi connectivity index (χ2v) is 8.55. The van der Waals surface area contributed by atoms with Gasteiger partial charge in [-0.15, -0.1) is 0 Å². The van der Waals surface area contributed by atoms with E-state index in [1.807, 2.05) is 48.5 Å². The quantitative estimate of drug-likeness (QED) is 0.399. The maximum Gasteiger partial charge on any atom is 0.271 e. The molecule has 1 N–H and O–H groups in total. The van der Waals surface area contributed by atoms with Crippen molar-refractivity contribution in [3.05, 3.63) is 101 Å². The van der Waals surface area contributed by atoms with E-state index in [2.05, 4.69) is 45.8 Å². The fourth-order valence-corrected chi connectivity index (χ4v) is 4.31. The van der Waals surface area contributed by atoms with Gasteiger partial charge in [-0.2, -0.15) is 5.10 Å². The van der Waals surface area contributed by atoms with Gasteiger partial charge in [0.15, 0.2) is 0 Å². The van der Waals surface area contributed by atoms with Crippen LogP contribution in [0.15, 0.2) is 84.0 Å². The molecular weight excluding hydrogens is 410 g/mol. The predicted molar refractivity (Wildman–Crippen MR) is 133 cm³/mol. The SMILES string of the molecule is COc1ccccc1/C=N\NC(=O)c1ccc(CN2CCC(Cc3ccccc3)CC2)cc1. The van der Waals surface area contributed by atoms with Gasteiger partial charge < -0.3 is 4.74 Å². The first-order chi connectivity index (χ1) is 16.2. The fourth-order valence-electron chi connectivity index (χ4n) is 4.31. The summed E-state index contributed by atoms with van der Waals surface area (Å²) in [5.41, 5.74) is 6.66. The molecule has 0 atom stereocenters. The maximum atomic E-state index is 12.4. The summed E-state index contributed by atoms with van der Waals surface area (Å²) >= 11 is 0. The Bertz CT molecular complexity index is 1060. The molecule has 1 aliphatic heterocycles. The number of nitrogens with zero attached hydrogens (tertiary/aromatic N) is 2. The van der Waals surface area contributed by atoms with E-state index in [0.29, 0.717) is 11.3 Å². The number of amides is 1. The highest BCUT2D eigenvalue weighted by atomic mass is 16.5. The van der Waals surface area contributed by atoms with Gasteiger partial charge in [-0.25, -0.2) is 5.43 Å². The summed E-state index contributed by atoms with van der Waals surface area (Å²) in [6.07, 6.45) is 5.24. The van der Waals surface area contributed by atoms with Gasteiger partial charge in [0.2, 0.25) is 0 Å². The van der Waals surface area contributed by atoms with Crippen LogP contribution in [0.4, 0.5) is 0 Å². The molecule has 0 aliphatic carbocycles.